The zero-order valence-corrected chi connectivity index (χ0v) is 9.82. The molecule has 0 saturated carbocycles. The van der Waals surface area contributed by atoms with Crippen LogP contribution in [-0.2, 0) is 0 Å². The molecule has 5 heteroatoms. The van der Waals surface area contributed by atoms with Gasteiger partial charge in [-0.15, -0.1) is 0 Å². The second kappa shape index (κ2) is 5.20. The van der Waals surface area contributed by atoms with Gasteiger partial charge in [0.25, 0.3) is 0 Å². The molecular weight excluding hydrogens is 236 g/mol. The van der Waals surface area contributed by atoms with E-state index in [0.29, 0.717) is 11.1 Å². The SMILES string of the molecule is Cc1cc(F)cc(C(NN)c2ccncc2F)c1. The number of hydrogen-bond acceptors (Lipinski definition) is 3. The molecule has 1 aromatic heterocycles. The number of aromatic nitrogens is 1. The number of pyridine rings is 1. The number of nitrogens with zero attached hydrogens (tertiary/aromatic N) is 1. The molecule has 0 fully saturated rings. The predicted octanol–water partition coefficient (Wildman–Crippen LogP) is 2.22. The van der Waals surface area contributed by atoms with Crippen molar-refractivity contribution >= 4 is 0 Å². The number of hydrogen-bond donors (Lipinski definition) is 2. The maximum atomic E-state index is 13.7. The van der Waals surface area contributed by atoms with Crippen molar-refractivity contribution < 1.29 is 8.78 Å². The third kappa shape index (κ3) is 2.52. The summed E-state index contributed by atoms with van der Waals surface area (Å²) in [5, 5.41) is 0. The number of halogens is 2. The fourth-order valence-corrected chi connectivity index (χ4v) is 1.92. The maximum absolute atomic E-state index is 13.7. The minimum atomic E-state index is -0.609. The second-order valence-electron chi connectivity index (χ2n) is 4.06. The Bertz CT molecular complexity index is 537. The van der Waals surface area contributed by atoms with Crippen LogP contribution in [0.15, 0.2) is 36.7 Å². The summed E-state index contributed by atoms with van der Waals surface area (Å²) in [5.74, 6) is 4.59. The molecule has 3 nitrogen and oxygen atoms in total. The summed E-state index contributed by atoms with van der Waals surface area (Å²) in [6, 6.07) is 5.40. The van der Waals surface area contributed by atoms with Crippen LogP contribution in [-0.4, -0.2) is 4.98 Å². The van der Waals surface area contributed by atoms with E-state index in [1.165, 1.54) is 24.4 Å². The Balaban J connectivity index is 2.48. The van der Waals surface area contributed by atoms with E-state index >= 15 is 0 Å². The Hall–Kier alpha value is -1.85. The first kappa shape index (κ1) is 12.6. The Morgan fingerprint density at radius 2 is 2.06 bits per heavy atom. The Morgan fingerprint density at radius 3 is 2.67 bits per heavy atom. The summed E-state index contributed by atoms with van der Waals surface area (Å²) >= 11 is 0. The standard InChI is InChI=1S/C13H13F2N3/c1-8-4-9(6-10(14)5-8)13(18-16)11-2-3-17-7-12(11)15/h2-7,13,18H,16H2,1H3. The van der Waals surface area contributed by atoms with Crippen molar-refractivity contribution in [2.45, 2.75) is 13.0 Å². The third-order valence-electron chi connectivity index (χ3n) is 2.68. The molecule has 18 heavy (non-hydrogen) atoms. The van der Waals surface area contributed by atoms with Gasteiger partial charge < -0.3 is 0 Å². The minimum absolute atomic E-state index is 0.331. The van der Waals surface area contributed by atoms with Gasteiger partial charge in [-0.25, -0.2) is 14.2 Å². The molecule has 0 aliphatic heterocycles. The molecule has 0 radical (unpaired) electrons. The van der Waals surface area contributed by atoms with Crippen molar-refractivity contribution in [1.82, 2.24) is 10.4 Å². The average Bonchev–Trinajstić information content (AvgIpc) is 2.31. The van der Waals surface area contributed by atoms with Crippen LogP contribution in [0.5, 0.6) is 0 Å². The topological polar surface area (TPSA) is 50.9 Å². The highest BCUT2D eigenvalue weighted by Crippen LogP contribution is 2.24. The van der Waals surface area contributed by atoms with Gasteiger partial charge in [0.1, 0.15) is 11.6 Å². The Kier molecular flexibility index (Phi) is 3.64. The third-order valence-corrected chi connectivity index (χ3v) is 2.68. The molecule has 3 N–H and O–H groups in total. The van der Waals surface area contributed by atoms with Crippen molar-refractivity contribution in [3.05, 3.63) is 65.0 Å². The van der Waals surface area contributed by atoms with E-state index in [1.807, 2.05) is 0 Å². The van der Waals surface area contributed by atoms with Crippen LogP contribution in [0.2, 0.25) is 0 Å². The lowest BCUT2D eigenvalue weighted by molar-refractivity contribution is 0.551. The molecule has 1 aromatic carbocycles. The van der Waals surface area contributed by atoms with Gasteiger partial charge >= 0.3 is 0 Å². The zero-order valence-electron chi connectivity index (χ0n) is 9.82. The van der Waals surface area contributed by atoms with E-state index in [0.717, 1.165) is 11.8 Å². The highest BCUT2D eigenvalue weighted by molar-refractivity contribution is 5.34. The number of benzene rings is 1. The van der Waals surface area contributed by atoms with Crippen LogP contribution in [0.1, 0.15) is 22.7 Å². The van der Waals surface area contributed by atoms with Gasteiger partial charge in [0.2, 0.25) is 0 Å². The average molecular weight is 249 g/mol. The quantitative estimate of drug-likeness (QED) is 0.647. The second-order valence-corrected chi connectivity index (χ2v) is 4.06. The molecule has 0 spiro atoms. The molecule has 0 bridgehead atoms. The first-order valence-electron chi connectivity index (χ1n) is 5.44. The van der Waals surface area contributed by atoms with Crippen molar-refractivity contribution in [3.8, 4) is 0 Å². The predicted molar refractivity (Wildman–Crippen MR) is 64.5 cm³/mol. The molecule has 0 amide bonds. The van der Waals surface area contributed by atoms with Crippen LogP contribution < -0.4 is 11.3 Å². The molecule has 0 saturated heterocycles. The van der Waals surface area contributed by atoms with Gasteiger partial charge in [-0.2, -0.15) is 0 Å². The van der Waals surface area contributed by atoms with Crippen molar-refractivity contribution in [3.63, 3.8) is 0 Å². The van der Waals surface area contributed by atoms with Crippen molar-refractivity contribution in [1.29, 1.82) is 0 Å². The summed E-state index contributed by atoms with van der Waals surface area (Å²) < 4.78 is 27.0. The zero-order chi connectivity index (χ0) is 13.1. The molecule has 1 unspecified atom stereocenters. The summed E-state index contributed by atoms with van der Waals surface area (Å²) in [6.45, 7) is 1.77. The van der Waals surface area contributed by atoms with E-state index < -0.39 is 11.9 Å². The van der Waals surface area contributed by atoms with E-state index in [9.17, 15) is 8.78 Å². The Morgan fingerprint density at radius 1 is 1.28 bits per heavy atom. The van der Waals surface area contributed by atoms with Gasteiger partial charge in [-0.05, 0) is 36.2 Å². The van der Waals surface area contributed by atoms with Crippen LogP contribution in [0, 0.1) is 18.6 Å². The van der Waals surface area contributed by atoms with Gasteiger partial charge in [-0.3, -0.25) is 10.8 Å². The van der Waals surface area contributed by atoms with Gasteiger partial charge in [0.15, 0.2) is 0 Å². The normalized spacial score (nSPS) is 12.4. The summed E-state index contributed by atoms with van der Waals surface area (Å²) in [6.07, 6.45) is 2.57. The summed E-state index contributed by atoms with van der Waals surface area (Å²) in [5.41, 5.74) is 4.15. The van der Waals surface area contributed by atoms with Crippen LogP contribution in [0.25, 0.3) is 0 Å². The van der Waals surface area contributed by atoms with E-state index in [-0.39, 0.29) is 5.82 Å². The van der Waals surface area contributed by atoms with E-state index in [2.05, 4.69) is 10.4 Å². The minimum Gasteiger partial charge on any atom is -0.271 e. The van der Waals surface area contributed by atoms with Crippen LogP contribution in [0.3, 0.4) is 0 Å². The molecule has 1 atom stereocenters. The summed E-state index contributed by atoms with van der Waals surface area (Å²) in [7, 11) is 0. The number of rotatable bonds is 3. The molecule has 0 aliphatic carbocycles. The van der Waals surface area contributed by atoms with Crippen molar-refractivity contribution in [2.24, 2.45) is 5.84 Å². The van der Waals surface area contributed by atoms with Crippen molar-refractivity contribution in [2.75, 3.05) is 0 Å². The molecular formula is C13H13F2N3. The number of nitrogens with one attached hydrogen (secondary N) is 1. The molecule has 2 aromatic rings. The van der Waals surface area contributed by atoms with E-state index in [4.69, 9.17) is 5.84 Å². The van der Waals surface area contributed by atoms with Gasteiger partial charge in [-0.1, -0.05) is 6.07 Å². The van der Waals surface area contributed by atoms with Crippen LogP contribution >= 0.6 is 0 Å². The highest BCUT2D eigenvalue weighted by Gasteiger charge is 2.17. The number of nitrogens with two attached hydrogens (primary N) is 1. The molecule has 94 valence electrons. The lowest BCUT2D eigenvalue weighted by Crippen LogP contribution is -2.29. The highest BCUT2D eigenvalue weighted by atomic mass is 19.1. The van der Waals surface area contributed by atoms with Gasteiger partial charge in [0, 0.05) is 11.8 Å². The largest absolute Gasteiger partial charge is 0.271 e. The molecule has 1 heterocycles. The smallest absolute Gasteiger partial charge is 0.146 e. The first-order chi connectivity index (χ1) is 8.61. The fraction of sp³-hybridized carbons (Fsp3) is 0.154. The van der Waals surface area contributed by atoms with Crippen LogP contribution in [0.4, 0.5) is 8.78 Å². The number of hydrazine groups is 1. The first-order valence-corrected chi connectivity index (χ1v) is 5.44. The molecule has 2 rings (SSSR count). The maximum Gasteiger partial charge on any atom is 0.146 e. The van der Waals surface area contributed by atoms with E-state index in [1.54, 1.807) is 13.0 Å². The van der Waals surface area contributed by atoms with Gasteiger partial charge in [0.05, 0.1) is 12.2 Å². The lowest BCUT2D eigenvalue weighted by atomic mass is 9.98. The molecule has 0 aliphatic rings. The monoisotopic (exact) mass is 249 g/mol. The summed E-state index contributed by atoms with van der Waals surface area (Å²) in [4.78, 5) is 3.67. The number of aryl methyl sites for hydroxylation is 1. The lowest BCUT2D eigenvalue weighted by Gasteiger charge is -2.18. The fourth-order valence-electron chi connectivity index (χ4n) is 1.92. The Labute approximate surface area is 104 Å².